The van der Waals surface area contributed by atoms with Crippen LogP contribution in [0.3, 0.4) is 0 Å². The van der Waals surface area contributed by atoms with Crippen molar-refractivity contribution in [1.82, 2.24) is 9.97 Å². The number of carbonyl (C=O) groups is 1. The Morgan fingerprint density at radius 1 is 1.15 bits per heavy atom. The number of aryl methyl sites for hydroxylation is 1. The number of aliphatic hydroxyl groups is 1. The molecule has 4 aromatic rings. The summed E-state index contributed by atoms with van der Waals surface area (Å²) in [5.74, 6) is 0.532. The van der Waals surface area contributed by atoms with Crippen molar-refractivity contribution in [2.75, 3.05) is 0 Å². The van der Waals surface area contributed by atoms with E-state index in [1.807, 2.05) is 24.3 Å². The number of hydrogen-bond acceptors (Lipinski definition) is 5. The fourth-order valence-electron chi connectivity index (χ4n) is 3.79. The maximum Gasteiger partial charge on any atom is 0.268 e. The van der Waals surface area contributed by atoms with Crippen LogP contribution >= 0.6 is 11.3 Å². The van der Waals surface area contributed by atoms with Gasteiger partial charge in [-0.3, -0.25) is 4.79 Å². The van der Waals surface area contributed by atoms with E-state index in [0.29, 0.717) is 25.3 Å². The van der Waals surface area contributed by atoms with E-state index in [9.17, 15) is 9.90 Å². The minimum atomic E-state index is -0.633. The second kappa shape index (κ2) is 10.5. The van der Waals surface area contributed by atoms with Gasteiger partial charge in [0.1, 0.15) is 23.9 Å². The SMILES string of the molecule is C[C@H](O)[C@H](CCc1ccccc1OCc1ccc(-c2cccs2)cc1)c1nc(C(N)=O)c[nH]1. The first-order valence-electron chi connectivity index (χ1n) is 10.9. The summed E-state index contributed by atoms with van der Waals surface area (Å²) >= 11 is 1.73. The molecule has 0 aliphatic rings. The highest BCUT2D eigenvalue weighted by Crippen LogP contribution is 2.28. The van der Waals surface area contributed by atoms with Gasteiger partial charge in [0, 0.05) is 17.0 Å². The summed E-state index contributed by atoms with van der Waals surface area (Å²) in [7, 11) is 0. The Bertz CT molecular complexity index is 1180. The van der Waals surface area contributed by atoms with E-state index in [1.165, 1.54) is 16.6 Å². The van der Waals surface area contributed by atoms with Crippen LogP contribution in [-0.2, 0) is 13.0 Å². The summed E-state index contributed by atoms with van der Waals surface area (Å²) in [5, 5.41) is 12.4. The lowest BCUT2D eigenvalue weighted by atomic mass is 9.94. The van der Waals surface area contributed by atoms with Crippen LogP contribution < -0.4 is 10.5 Å². The highest BCUT2D eigenvalue weighted by Gasteiger charge is 2.22. The molecule has 4 N–H and O–H groups in total. The molecule has 170 valence electrons. The van der Waals surface area contributed by atoms with Crippen molar-refractivity contribution in [3.63, 3.8) is 0 Å². The zero-order chi connectivity index (χ0) is 23.2. The van der Waals surface area contributed by atoms with Crippen molar-refractivity contribution >= 4 is 17.2 Å². The summed E-state index contributed by atoms with van der Waals surface area (Å²) in [4.78, 5) is 19.8. The van der Waals surface area contributed by atoms with Gasteiger partial charge in [-0.15, -0.1) is 11.3 Å². The number of amides is 1. The monoisotopic (exact) mass is 461 g/mol. The molecule has 2 atom stereocenters. The second-order valence-corrected chi connectivity index (χ2v) is 8.94. The topological polar surface area (TPSA) is 101 Å². The van der Waals surface area contributed by atoms with Gasteiger partial charge in [0.25, 0.3) is 5.91 Å². The van der Waals surface area contributed by atoms with Crippen LogP contribution in [0.4, 0.5) is 0 Å². The predicted molar refractivity (Wildman–Crippen MR) is 130 cm³/mol. The molecular formula is C26H27N3O3S. The smallest absolute Gasteiger partial charge is 0.268 e. The van der Waals surface area contributed by atoms with E-state index in [0.717, 1.165) is 16.9 Å². The number of aromatic nitrogens is 2. The third-order valence-corrected chi connectivity index (χ3v) is 6.55. The second-order valence-electron chi connectivity index (χ2n) is 7.99. The maximum absolute atomic E-state index is 11.4. The van der Waals surface area contributed by atoms with Crippen LogP contribution in [0.15, 0.2) is 72.2 Å². The van der Waals surface area contributed by atoms with Crippen molar-refractivity contribution in [2.24, 2.45) is 5.73 Å². The zero-order valence-corrected chi connectivity index (χ0v) is 19.2. The van der Waals surface area contributed by atoms with Gasteiger partial charge in [-0.25, -0.2) is 4.98 Å². The molecule has 0 saturated heterocycles. The molecule has 2 heterocycles. The quantitative estimate of drug-likeness (QED) is 0.312. The van der Waals surface area contributed by atoms with Gasteiger partial charge < -0.3 is 20.6 Å². The molecule has 7 heteroatoms. The summed E-state index contributed by atoms with van der Waals surface area (Å²) < 4.78 is 6.14. The molecule has 0 aliphatic heterocycles. The predicted octanol–water partition coefficient (Wildman–Crippen LogP) is 4.91. The van der Waals surface area contributed by atoms with E-state index in [4.69, 9.17) is 10.5 Å². The number of hydrogen-bond donors (Lipinski definition) is 3. The third kappa shape index (κ3) is 5.69. The van der Waals surface area contributed by atoms with Gasteiger partial charge in [0.05, 0.1) is 6.10 Å². The van der Waals surface area contributed by atoms with Gasteiger partial charge in [-0.05, 0) is 54.0 Å². The standard InChI is InChI=1S/C26H27N3O3S/c1-17(30)21(26-28-15-22(29-26)25(27)31)13-12-19-5-2-3-6-23(19)32-16-18-8-10-20(11-9-18)24-7-4-14-33-24/h2-11,14-15,17,21,30H,12-13,16H2,1H3,(H2,27,31)(H,28,29)/t17-,21-/m0/s1. The third-order valence-electron chi connectivity index (χ3n) is 5.63. The lowest BCUT2D eigenvalue weighted by Gasteiger charge is -2.19. The van der Waals surface area contributed by atoms with Gasteiger partial charge in [-0.1, -0.05) is 48.5 Å². The number of nitrogens with one attached hydrogen (secondary N) is 1. The Morgan fingerprint density at radius 3 is 2.61 bits per heavy atom. The van der Waals surface area contributed by atoms with Crippen molar-refractivity contribution in [1.29, 1.82) is 0 Å². The van der Waals surface area contributed by atoms with Crippen LogP contribution in [-0.4, -0.2) is 27.1 Å². The Labute approximate surface area is 197 Å². The number of ether oxygens (including phenoxy) is 1. The van der Waals surface area contributed by atoms with Crippen molar-refractivity contribution in [2.45, 2.75) is 38.4 Å². The largest absolute Gasteiger partial charge is 0.489 e. The summed E-state index contributed by atoms with van der Waals surface area (Å²) in [6.07, 6.45) is 2.18. The lowest BCUT2D eigenvalue weighted by Crippen LogP contribution is -2.18. The minimum absolute atomic E-state index is 0.171. The first-order valence-corrected chi connectivity index (χ1v) is 11.8. The van der Waals surface area contributed by atoms with Crippen molar-refractivity contribution in [3.05, 3.63) is 94.9 Å². The number of para-hydroxylation sites is 1. The number of imidazole rings is 1. The molecule has 0 spiro atoms. The molecule has 2 aromatic heterocycles. The molecule has 0 fully saturated rings. The Hall–Kier alpha value is -3.42. The molecule has 0 aliphatic carbocycles. The molecule has 0 radical (unpaired) electrons. The Balaban J connectivity index is 1.40. The highest BCUT2D eigenvalue weighted by molar-refractivity contribution is 7.13. The molecule has 1 amide bonds. The van der Waals surface area contributed by atoms with Gasteiger partial charge in [0.15, 0.2) is 0 Å². The van der Waals surface area contributed by atoms with Crippen LogP contribution in [0.5, 0.6) is 5.75 Å². The summed E-state index contributed by atoms with van der Waals surface area (Å²) in [5.41, 5.74) is 8.83. The van der Waals surface area contributed by atoms with E-state index in [2.05, 4.69) is 51.7 Å². The highest BCUT2D eigenvalue weighted by atomic mass is 32.1. The number of aromatic amines is 1. The molecule has 0 bridgehead atoms. The number of thiophene rings is 1. The normalized spacial score (nSPS) is 12.9. The molecule has 0 saturated carbocycles. The van der Waals surface area contributed by atoms with Crippen molar-refractivity contribution < 1.29 is 14.6 Å². The average Bonchev–Trinajstić information content (AvgIpc) is 3.52. The van der Waals surface area contributed by atoms with Crippen molar-refractivity contribution in [3.8, 4) is 16.2 Å². The fourth-order valence-corrected chi connectivity index (χ4v) is 4.52. The number of nitrogens with two attached hydrogens (primary N) is 1. The molecule has 2 aromatic carbocycles. The van der Waals surface area contributed by atoms with E-state index in [-0.39, 0.29) is 11.6 Å². The maximum atomic E-state index is 11.4. The molecule has 4 rings (SSSR count). The molecular weight excluding hydrogens is 434 g/mol. The van der Waals surface area contributed by atoms with E-state index >= 15 is 0 Å². The number of rotatable bonds is 10. The number of primary amides is 1. The minimum Gasteiger partial charge on any atom is -0.489 e. The van der Waals surface area contributed by atoms with Crippen LogP contribution in [0.2, 0.25) is 0 Å². The summed E-state index contributed by atoms with van der Waals surface area (Å²) in [6, 6.07) is 20.5. The molecule has 33 heavy (non-hydrogen) atoms. The average molecular weight is 462 g/mol. The van der Waals surface area contributed by atoms with Gasteiger partial charge in [-0.2, -0.15) is 0 Å². The molecule has 0 unspecified atom stereocenters. The van der Waals surface area contributed by atoms with Gasteiger partial charge >= 0.3 is 0 Å². The number of benzene rings is 2. The zero-order valence-electron chi connectivity index (χ0n) is 18.4. The number of nitrogens with zero attached hydrogens (tertiary/aromatic N) is 1. The number of H-pyrrole nitrogens is 1. The molecule has 6 nitrogen and oxygen atoms in total. The Kier molecular flexibility index (Phi) is 7.22. The summed E-state index contributed by atoms with van der Waals surface area (Å²) in [6.45, 7) is 2.20. The first kappa shape index (κ1) is 22.8. The van der Waals surface area contributed by atoms with E-state index in [1.54, 1.807) is 18.3 Å². The Morgan fingerprint density at radius 2 is 1.94 bits per heavy atom. The van der Waals surface area contributed by atoms with Crippen LogP contribution in [0.25, 0.3) is 10.4 Å². The fraction of sp³-hybridized carbons (Fsp3) is 0.231. The van der Waals surface area contributed by atoms with Crippen LogP contribution in [0, 0.1) is 0 Å². The number of aliphatic hydroxyl groups excluding tert-OH is 1. The van der Waals surface area contributed by atoms with Crippen LogP contribution in [0.1, 0.15) is 46.7 Å². The lowest BCUT2D eigenvalue weighted by molar-refractivity contribution is 0.0995. The van der Waals surface area contributed by atoms with E-state index < -0.39 is 12.0 Å². The van der Waals surface area contributed by atoms with Gasteiger partial charge in [0.2, 0.25) is 0 Å². The number of carbonyl (C=O) groups excluding carboxylic acids is 1. The first-order chi connectivity index (χ1) is 16.0.